The summed E-state index contributed by atoms with van der Waals surface area (Å²) in [5.41, 5.74) is -0.906. The molecule has 0 aliphatic carbocycles. The van der Waals surface area contributed by atoms with Gasteiger partial charge in [0.25, 0.3) is 11.8 Å². The number of halogens is 6. The minimum Gasteiger partial charge on any atom is -0.466 e. The number of benzene rings is 1. The summed E-state index contributed by atoms with van der Waals surface area (Å²) in [5.74, 6) is -3.95. The lowest BCUT2D eigenvalue weighted by molar-refractivity contribution is -0.140. The molecule has 0 bridgehead atoms. The van der Waals surface area contributed by atoms with Crippen LogP contribution in [0.5, 0.6) is 5.88 Å². The van der Waals surface area contributed by atoms with Gasteiger partial charge in [-0.3, -0.25) is 4.79 Å². The van der Waals surface area contributed by atoms with E-state index in [1.165, 1.54) is 24.4 Å². The van der Waals surface area contributed by atoms with Crippen LogP contribution in [-0.2, 0) is 6.18 Å². The van der Waals surface area contributed by atoms with Crippen molar-refractivity contribution in [2.45, 2.75) is 24.6 Å². The maximum atomic E-state index is 14.7. The number of hydrogen-bond donors (Lipinski definition) is 0. The van der Waals surface area contributed by atoms with E-state index < -0.39 is 42.8 Å². The zero-order valence-electron chi connectivity index (χ0n) is 17.9. The molecule has 0 N–H and O–H groups in total. The van der Waals surface area contributed by atoms with E-state index in [1.54, 1.807) is 18.2 Å². The van der Waals surface area contributed by atoms with Crippen molar-refractivity contribution >= 4 is 34.9 Å². The third-order valence-electron chi connectivity index (χ3n) is 5.70. The summed E-state index contributed by atoms with van der Waals surface area (Å²) in [4.78, 5) is 22.1. The second kappa shape index (κ2) is 8.95. The van der Waals surface area contributed by atoms with Gasteiger partial charge in [-0.05, 0) is 24.3 Å². The fraction of sp³-hybridized carbons (Fsp3) is 0.261. The molecule has 1 aliphatic rings. The Kier molecular flexibility index (Phi) is 6.31. The SMILES string of the molecule is Cl.O=C(c1cccn2cc(C(F)(F)F)nc12)N1CCC(F)(F)[C@@H](Oc2ccc3ccccc3n2)C1. The largest absolute Gasteiger partial charge is 0.466 e. The van der Waals surface area contributed by atoms with Gasteiger partial charge in [0.15, 0.2) is 11.8 Å². The molecular formula is C23H18ClF5N4O2. The molecule has 1 fully saturated rings. The molecule has 5 rings (SSSR count). The van der Waals surface area contributed by atoms with Crippen molar-refractivity contribution in [3.8, 4) is 5.88 Å². The van der Waals surface area contributed by atoms with Crippen molar-refractivity contribution in [2.24, 2.45) is 0 Å². The number of para-hydroxylation sites is 1. The zero-order valence-corrected chi connectivity index (χ0v) is 18.7. The van der Waals surface area contributed by atoms with Gasteiger partial charge in [-0.1, -0.05) is 18.2 Å². The second-order valence-corrected chi connectivity index (χ2v) is 7.99. The fourth-order valence-corrected chi connectivity index (χ4v) is 3.92. The topological polar surface area (TPSA) is 59.7 Å². The number of aromatic nitrogens is 3. The smallest absolute Gasteiger partial charge is 0.434 e. The van der Waals surface area contributed by atoms with Crippen LogP contribution in [0.1, 0.15) is 22.5 Å². The number of carbonyl (C=O) groups excluding carboxylic acids is 1. The van der Waals surface area contributed by atoms with Crippen molar-refractivity contribution in [1.29, 1.82) is 0 Å². The fourth-order valence-electron chi connectivity index (χ4n) is 3.92. The number of ether oxygens (including phenoxy) is 1. The molecule has 0 saturated carbocycles. The maximum absolute atomic E-state index is 14.7. The van der Waals surface area contributed by atoms with Crippen molar-refractivity contribution in [3.63, 3.8) is 0 Å². The van der Waals surface area contributed by atoms with E-state index in [2.05, 4.69) is 9.97 Å². The first kappa shape index (κ1) is 24.6. The van der Waals surface area contributed by atoms with Crippen LogP contribution in [0.15, 0.2) is 60.9 Å². The van der Waals surface area contributed by atoms with Crippen LogP contribution in [0.2, 0.25) is 0 Å². The molecule has 0 spiro atoms. The Hall–Kier alpha value is -3.47. The standard InChI is InChI=1S/C23H17F5N4O2.ClH/c24-22(25)9-11-32(13-18(22)34-19-8-7-14-4-1-2-6-16(14)29-19)21(33)15-5-3-10-31-12-17(23(26,27)28)30-20(15)31;/h1-8,10,12,18H,9,11,13H2;1H/t18-;/m0./s1. The van der Waals surface area contributed by atoms with Crippen LogP contribution < -0.4 is 4.74 Å². The molecular weight excluding hydrogens is 495 g/mol. The predicted octanol–water partition coefficient (Wildman–Crippen LogP) is 5.25. The molecule has 0 radical (unpaired) electrons. The van der Waals surface area contributed by atoms with Crippen molar-refractivity contribution in [3.05, 3.63) is 72.2 Å². The molecule has 184 valence electrons. The third kappa shape index (κ3) is 4.72. The van der Waals surface area contributed by atoms with E-state index in [0.717, 1.165) is 20.9 Å². The number of amides is 1. The highest BCUT2D eigenvalue weighted by Crippen LogP contribution is 2.33. The quantitative estimate of drug-likeness (QED) is 0.352. The van der Waals surface area contributed by atoms with Gasteiger partial charge in [-0.25, -0.2) is 18.7 Å². The highest BCUT2D eigenvalue weighted by molar-refractivity contribution is 6.00. The minimum absolute atomic E-state index is 0. The number of carbonyl (C=O) groups is 1. The van der Waals surface area contributed by atoms with Gasteiger partial charge < -0.3 is 14.0 Å². The van der Waals surface area contributed by atoms with Crippen molar-refractivity contribution in [1.82, 2.24) is 19.3 Å². The Morgan fingerprint density at radius 1 is 1.06 bits per heavy atom. The molecule has 6 nitrogen and oxygen atoms in total. The number of hydrogen-bond acceptors (Lipinski definition) is 4. The Labute approximate surface area is 201 Å². The number of piperidine rings is 1. The normalized spacial score (nSPS) is 17.9. The first-order valence-electron chi connectivity index (χ1n) is 10.4. The summed E-state index contributed by atoms with van der Waals surface area (Å²) < 4.78 is 75.2. The van der Waals surface area contributed by atoms with Crippen molar-refractivity contribution < 1.29 is 31.5 Å². The molecule has 3 aromatic heterocycles. The Bertz CT molecular complexity index is 1390. The second-order valence-electron chi connectivity index (χ2n) is 7.99. The van der Waals surface area contributed by atoms with E-state index in [-0.39, 0.29) is 36.0 Å². The molecule has 4 aromatic rings. The molecule has 12 heteroatoms. The van der Waals surface area contributed by atoms with E-state index in [0.29, 0.717) is 5.52 Å². The number of alkyl halides is 5. The van der Waals surface area contributed by atoms with Gasteiger partial charge in [0.1, 0.15) is 5.65 Å². The van der Waals surface area contributed by atoms with Crippen LogP contribution in [0.25, 0.3) is 16.6 Å². The van der Waals surface area contributed by atoms with Crippen molar-refractivity contribution in [2.75, 3.05) is 13.1 Å². The first-order chi connectivity index (χ1) is 16.1. The number of nitrogens with zero attached hydrogens (tertiary/aromatic N) is 4. The summed E-state index contributed by atoms with van der Waals surface area (Å²) in [7, 11) is 0. The molecule has 1 aliphatic heterocycles. The number of fused-ring (bicyclic) bond motifs is 2. The molecule has 1 aromatic carbocycles. The van der Waals surface area contributed by atoms with Gasteiger partial charge in [0.05, 0.1) is 17.6 Å². The number of rotatable bonds is 3. The van der Waals surface area contributed by atoms with E-state index in [4.69, 9.17) is 4.74 Å². The molecule has 0 unspecified atom stereocenters. The average molecular weight is 513 g/mol. The summed E-state index contributed by atoms with van der Waals surface area (Å²) >= 11 is 0. The predicted molar refractivity (Wildman–Crippen MR) is 119 cm³/mol. The van der Waals surface area contributed by atoms with Crippen LogP contribution >= 0.6 is 12.4 Å². The number of imidazole rings is 1. The van der Waals surface area contributed by atoms with Crippen LogP contribution in [0, 0.1) is 0 Å². The molecule has 35 heavy (non-hydrogen) atoms. The number of likely N-dealkylation sites (tertiary alicyclic amines) is 1. The first-order valence-corrected chi connectivity index (χ1v) is 10.4. The van der Waals surface area contributed by atoms with Crippen LogP contribution in [-0.4, -0.2) is 50.3 Å². The van der Waals surface area contributed by atoms with Gasteiger partial charge in [0.2, 0.25) is 5.88 Å². The van der Waals surface area contributed by atoms with E-state index in [9.17, 15) is 26.7 Å². The zero-order chi connectivity index (χ0) is 24.1. The van der Waals surface area contributed by atoms with Gasteiger partial charge in [-0.15, -0.1) is 12.4 Å². The van der Waals surface area contributed by atoms with Gasteiger partial charge in [0, 0.05) is 36.8 Å². The van der Waals surface area contributed by atoms with Crippen LogP contribution in [0.4, 0.5) is 22.0 Å². The Balaban J connectivity index is 0.00000289. The van der Waals surface area contributed by atoms with E-state index in [1.807, 2.05) is 12.1 Å². The molecule has 1 amide bonds. The lowest BCUT2D eigenvalue weighted by Gasteiger charge is -2.38. The lowest BCUT2D eigenvalue weighted by atomic mass is 10.0. The summed E-state index contributed by atoms with van der Waals surface area (Å²) in [6.45, 7) is -0.751. The number of pyridine rings is 2. The van der Waals surface area contributed by atoms with Crippen LogP contribution in [0.3, 0.4) is 0 Å². The van der Waals surface area contributed by atoms with Gasteiger partial charge in [-0.2, -0.15) is 13.2 Å². The lowest BCUT2D eigenvalue weighted by Crippen LogP contribution is -2.55. The average Bonchev–Trinajstić information content (AvgIpc) is 3.25. The Morgan fingerprint density at radius 2 is 1.83 bits per heavy atom. The summed E-state index contributed by atoms with van der Waals surface area (Å²) in [6, 6.07) is 13.0. The highest BCUT2D eigenvalue weighted by Gasteiger charge is 2.47. The summed E-state index contributed by atoms with van der Waals surface area (Å²) in [6.07, 6.45) is -4.93. The van der Waals surface area contributed by atoms with E-state index >= 15 is 0 Å². The summed E-state index contributed by atoms with van der Waals surface area (Å²) in [5, 5.41) is 0.813. The maximum Gasteiger partial charge on any atom is 0.434 e. The molecule has 1 atom stereocenters. The molecule has 4 heterocycles. The third-order valence-corrected chi connectivity index (χ3v) is 5.70. The highest BCUT2D eigenvalue weighted by atomic mass is 35.5. The van der Waals surface area contributed by atoms with Gasteiger partial charge >= 0.3 is 6.18 Å². The Morgan fingerprint density at radius 3 is 2.60 bits per heavy atom. The monoisotopic (exact) mass is 512 g/mol. The molecule has 1 saturated heterocycles. The minimum atomic E-state index is -4.69.